The molecule has 1 amide bonds. The van der Waals surface area contributed by atoms with Crippen molar-refractivity contribution in [2.24, 2.45) is 0 Å². The minimum Gasteiger partial charge on any atom is -0.324 e. The zero-order valence-electron chi connectivity index (χ0n) is 16.2. The monoisotopic (exact) mass is 395 g/mol. The van der Waals surface area contributed by atoms with E-state index in [1.54, 1.807) is 11.3 Å². The van der Waals surface area contributed by atoms with E-state index in [0.29, 0.717) is 5.65 Å². The molecule has 0 fully saturated rings. The highest BCUT2D eigenvalue weighted by Crippen LogP contribution is 2.30. The molecule has 0 atom stereocenters. The lowest BCUT2D eigenvalue weighted by Crippen LogP contribution is -2.28. The van der Waals surface area contributed by atoms with Gasteiger partial charge in [-0.1, -0.05) is 25.1 Å². The van der Waals surface area contributed by atoms with E-state index in [1.807, 2.05) is 45.9 Å². The van der Waals surface area contributed by atoms with Crippen molar-refractivity contribution in [2.45, 2.75) is 40.7 Å². The second-order valence-corrected chi connectivity index (χ2v) is 8.06. The third-order valence-corrected chi connectivity index (χ3v) is 6.16. The van der Waals surface area contributed by atoms with Crippen molar-refractivity contribution in [1.29, 1.82) is 0 Å². The summed E-state index contributed by atoms with van der Waals surface area (Å²) in [5.74, 6) is -0.281. The molecule has 3 heterocycles. The molecule has 0 saturated heterocycles. The Morgan fingerprint density at radius 3 is 2.79 bits per heavy atom. The minimum atomic E-state index is -0.372. The normalized spacial score (nSPS) is 11.4. The lowest BCUT2D eigenvalue weighted by molar-refractivity contribution is -0.117. The average Bonchev–Trinajstić information content (AvgIpc) is 3.13. The summed E-state index contributed by atoms with van der Waals surface area (Å²) in [5.41, 5.74) is 4.08. The summed E-state index contributed by atoms with van der Waals surface area (Å²) in [7, 11) is 0. The number of nitrogens with one attached hydrogen (secondary N) is 1. The van der Waals surface area contributed by atoms with E-state index >= 15 is 0 Å². The molecule has 4 aromatic rings. The molecule has 0 aliphatic heterocycles. The molecule has 0 bridgehead atoms. The van der Waals surface area contributed by atoms with Gasteiger partial charge in [0.15, 0.2) is 5.65 Å². The third kappa shape index (κ3) is 2.90. The molecular weight excluding hydrogens is 374 g/mol. The maximum Gasteiger partial charge on any atom is 0.352 e. The second kappa shape index (κ2) is 6.87. The first-order valence-electron chi connectivity index (χ1n) is 9.13. The van der Waals surface area contributed by atoms with Gasteiger partial charge in [0.25, 0.3) is 0 Å². The summed E-state index contributed by atoms with van der Waals surface area (Å²) in [4.78, 5) is 31.7. The van der Waals surface area contributed by atoms with Gasteiger partial charge in [-0.2, -0.15) is 0 Å². The van der Waals surface area contributed by atoms with E-state index in [4.69, 9.17) is 0 Å². The van der Waals surface area contributed by atoms with Crippen LogP contribution in [-0.2, 0) is 17.8 Å². The number of amides is 1. The van der Waals surface area contributed by atoms with Gasteiger partial charge in [0.1, 0.15) is 17.7 Å². The van der Waals surface area contributed by atoms with Crippen molar-refractivity contribution in [1.82, 2.24) is 19.2 Å². The Bertz CT molecular complexity index is 1280. The van der Waals surface area contributed by atoms with Gasteiger partial charge in [-0.15, -0.1) is 16.4 Å². The first-order chi connectivity index (χ1) is 13.4. The van der Waals surface area contributed by atoms with Crippen LogP contribution in [0.3, 0.4) is 0 Å². The van der Waals surface area contributed by atoms with Gasteiger partial charge < -0.3 is 5.32 Å². The molecule has 0 spiro atoms. The number of hydrogen-bond acceptors (Lipinski definition) is 5. The Morgan fingerprint density at radius 2 is 2.04 bits per heavy atom. The second-order valence-electron chi connectivity index (χ2n) is 6.85. The van der Waals surface area contributed by atoms with Crippen LogP contribution in [0, 0.1) is 20.8 Å². The number of fused-ring (bicyclic) bond motifs is 3. The summed E-state index contributed by atoms with van der Waals surface area (Å²) in [6, 6.07) is 5.92. The van der Waals surface area contributed by atoms with Crippen molar-refractivity contribution in [3.8, 4) is 0 Å². The highest BCUT2D eigenvalue weighted by molar-refractivity contribution is 7.18. The van der Waals surface area contributed by atoms with E-state index < -0.39 is 0 Å². The number of nitrogens with zero attached hydrogens (tertiary/aromatic N) is 4. The fourth-order valence-electron chi connectivity index (χ4n) is 3.39. The number of aromatic nitrogens is 4. The first-order valence-corrected chi connectivity index (χ1v) is 9.94. The smallest absolute Gasteiger partial charge is 0.324 e. The molecule has 0 radical (unpaired) electrons. The van der Waals surface area contributed by atoms with Gasteiger partial charge in [-0.3, -0.25) is 4.79 Å². The van der Waals surface area contributed by atoms with Crippen molar-refractivity contribution in [3.05, 3.63) is 56.6 Å². The van der Waals surface area contributed by atoms with Gasteiger partial charge in [-0.25, -0.2) is 18.9 Å². The van der Waals surface area contributed by atoms with Crippen LogP contribution in [0.2, 0.25) is 0 Å². The number of para-hydroxylation sites is 1. The fraction of sp³-hybridized carbons (Fsp3) is 0.300. The SMILES string of the molecule is CCc1cccc(C)c1NC(=O)Cn1nc2c3c(C)c(C)sc3ncn2c1=O. The Balaban J connectivity index is 1.71. The molecule has 0 aliphatic rings. The fourth-order valence-corrected chi connectivity index (χ4v) is 4.38. The molecule has 0 unspecified atom stereocenters. The summed E-state index contributed by atoms with van der Waals surface area (Å²) in [6.45, 7) is 7.86. The van der Waals surface area contributed by atoms with Crippen LogP contribution >= 0.6 is 11.3 Å². The molecule has 7 nitrogen and oxygen atoms in total. The molecular formula is C20H21N5O2S. The third-order valence-electron chi connectivity index (χ3n) is 5.05. The van der Waals surface area contributed by atoms with Gasteiger partial charge in [0, 0.05) is 10.6 Å². The molecule has 0 saturated carbocycles. The predicted octanol–water partition coefficient (Wildman–Crippen LogP) is 3.23. The Hall–Kier alpha value is -3.00. The molecule has 8 heteroatoms. The number of thiophene rings is 1. The molecule has 4 rings (SSSR count). The van der Waals surface area contributed by atoms with Crippen LogP contribution < -0.4 is 11.0 Å². The largest absolute Gasteiger partial charge is 0.352 e. The Kier molecular flexibility index (Phi) is 4.50. The van der Waals surface area contributed by atoms with Crippen LogP contribution in [0.5, 0.6) is 0 Å². The van der Waals surface area contributed by atoms with Crippen LogP contribution in [0.4, 0.5) is 5.69 Å². The van der Waals surface area contributed by atoms with Crippen molar-refractivity contribution in [3.63, 3.8) is 0 Å². The Morgan fingerprint density at radius 1 is 1.25 bits per heavy atom. The number of benzene rings is 1. The predicted molar refractivity (Wildman–Crippen MR) is 111 cm³/mol. The van der Waals surface area contributed by atoms with Gasteiger partial charge in [-0.05, 0) is 43.9 Å². The molecule has 1 aromatic carbocycles. The standard InChI is InChI=1S/C20H21N5O2S/c1-5-14-8-6-7-11(2)17(14)22-15(26)9-25-20(27)24-10-21-19-16(18(24)23-25)12(3)13(4)28-19/h6-8,10H,5,9H2,1-4H3,(H,22,26). The maximum atomic E-state index is 12.7. The highest BCUT2D eigenvalue weighted by Gasteiger charge is 2.17. The molecule has 28 heavy (non-hydrogen) atoms. The topological polar surface area (TPSA) is 81.3 Å². The number of rotatable bonds is 4. The molecule has 3 aromatic heterocycles. The lowest BCUT2D eigenvalue weighted by atomic mass is 10.1. The van der Waals surface area contributed by atoms with Crippen molar-refractivity contribution < 1.29 is 4.79 Å². The zero-order valence-corrected chi connectivity index (χ0v) is 17.1. The van der Waals surface area contributed by atoms with E-state index in [9.17, 15) is 9.59 Å². The minimum absolute atomic E-state index is 0.151. The van der Waals surface area contributed by atoms with E-state index in [-0.39, 0.29) is 18.1 Å². The van der Waals surface area contributed by atoms with Gasteiger partial charge >= 0.3 is 5.69 Å². The maximum absolute atomic E-state index is 12.7. The van der Waals surface area contributed by atoms with Crippen LogP contribution in [0.15, 0.2) is 29.3 Å². The summed E-state index contributed by atoms with van der Waals surface area (Å²) >= 11 is 1.58. The van der Waals surface area contributed by atoms with Gasteiger partial charge in [0.2, 0.25) is 5.91 Å². The Labute approximate surface area is 165 Å². The van der Waals surface area contributed by atoms with Crippen LogP contribution in [0.1, 0.15) is 28.5 Å². The van der Waals surface area contributed by atoms with E-state index in [2.05, 4.69) is 15.4 Å². The summed E-state index contributed by atoms with van der Waals surface area (Å²) in [5, 5.41) is 8.24. The summed E-state index contributed by atoms with van der Waals surface area (Å²) < 4.78 is 2.60. The average molecular weight is 395 g/mol. The number of carbonyl (C=O) groups is 1. The molecule has 1 N–H and O–H groups in total. The highest BCUT2D eigenvalue weighted by atomic mass is 32.1. The molecule has 144 valence electrons. The number of hydrogen-bond donors (Lipinski definition) is 1. The quantitative estimate of drug-likeness (QED) is 0.575. The first kappa shape index (κ1) is 18.4. The zero-order chi connectivity index (χ0) is 20.0. The lowest BCUT2D eigenvalue weighted by Gasteiger charge is -2.12. The number of anilines is 1. The van der Waals surface area contributed by atoms with Crippen molar-refractivity contribution >= 4 is 38.8 Å². The van der Waals surface area contributed by atoms with E-state index in [0.717, 1.165) is 43.9 Å². The summed E-state index contributed by atoms with van der Waals surface area (Å²) in [6.07, 6.45) is 2.29. The van der Waals surface area contributed by atoms with Crippen molar-refractivity contribution in [2.75, 3.05) is 5.32 Å². The van der Waals surface area contributed by atoms with Gasteiger partial charge in [0.05, 0.1) is 5.39 Å². The number of aryl methyl sites for hydroxylation is 4. The van der Waals surface area contributed by atoms with Crippen LogP contribution in [0.25, 0.3) is 15.9 Å². The number of carbonyl (C=O) groups excluding carboxylic acids is 1. The van der Waals surface area contributed by atoms with Crippen LogP contribution in [-0.4, -0.2) is 25.1 Å². The molecule has 0 aliphatic carbocycles. The van der Waals surface area contributed by atoms with E-state index in [1.165, 1.54) is 15.4 Å².